The molecule has 1 amide bonds. The highest BCUT2D eigenvalue weighted by atomic mass is 16.6. The van der Waals surface area contributed by atoms with Crippen LogP contribution in [0.3, 0.4) is 0 Å². The Labute approximate surface area is 119 Å². The minimum atomic E-state index is -0.901. The zero-order valence-corrected chi connectivity index (χ0v) is 12.2. The van der Waals surface area contributed by atoms with E-state index in [9.17, 15) is 9.59 Å². The Morgan fingerprint density at radius 2 is 2.05 bits per heavy atom. The van der Waals surface area contributed by atoms with Gasteiger partial charge in [-0.25, -0.2) is 4.79 Å². The number of hydrogen-bond donors (Lipinski definition) is 2. The van der Waals surface area contributed by atoms with Crippen molar-refractivity contribution in [2.75, 3.05) is 19.6 Å². The highest BCUT2D eigenvalue weighted by molar-refractivity contribution is 5.73. The highest BCUT2D eigenvalue weighted by Crippen LogP contribution is 2.26. The van der Waals surface area contributed by atoms with Crippen LogP contribution in [0.4, 0.5) is 4.79 Å². The van der Waals surface area contributed by atoms with Crippen LogP contribution in [-0.2, 0) is 9.53 Å². The number of aliphatic carboxylic acids is 1. The number of terminal acetylenes is 1. The highest BCUT2D eigenvalue weighted by Gasteiger charge is 2.47. The summed E-state index contributed by atoms with van der Waals surface area (Å²) in [5.41, 5.74) is -1.15. The molecule has 0 unspecified atom stereocenters. The van der Waals surface area contributed by atoms with Crippen LogP contribution in [0.25, 0.3) is 0 Å². The molecular weight excluding hydrogens is 260 g/mol. The Bertz CT molecular complexity index is 414. The summed E-state index contributed by atoms with van der Waals surface area (Å²) < 4.78 is 5.25. The first kappa shape index (κ1) is 16.3. The van der Waals surface area contributed by atoms with Crippen molar-refractivity contribution in [3.63, 3.8) is 0 Å². The molecule has 0 atom stereocenters. The quantitative estimate of drug-likeness (QED) is 0.582. The van der Waals surface area contributed by atoms with Crippen molar-refractivity contribution in [2.45, 2.75) is 44.8 Å². The summed E-state index contributed by atoms with van der Waals surface area (Å²) in [6.07, 6.45) is 5.23. The second-order valence-corrected chi connectivity index (χ2v) is 6.07. The summed E-state index contributed by atoms with van der Waals surface area (Å²) in [5.74, 6) is 1.59. The molecule has 1 aliphatic rings. The SMILES string of the molecule is C#CCCNC1(CC(=O)O)CN(C(=O)OC(C)(C)C)C1. The van der Waals surface area contributed by atoms with Gasteiger partial charge in [-0.15, -0.1) is 12.3 Å². The first-order valence-electron chi connectivity index (χ1n) is 6.56. The Morgan fingerprint density at radius 3 is 2.50 bits per heavy atom. The average Bonchev–Trinajstić information content (AvgIpc) is 2.21. The van der Waals surface area contributed by atoms with E-state index in [1.807, 2.05) is 0 Å². The smallest absolute Gasteiger partial charge is 0.410 e. The lowest BCUT2D eigenvalue weighted by Crippen LogP contribution is -2.71. The molecule has 1 fully saturated rings. The van der Waals surface area contributed by atoms with Crippen molar-refractivity contribution in [3.8, 4) is 12.3 Å². The molecule has 1 aliphatic heterocycles. The Hall–Kier alpha value is -1.74. The van der Waals surface area contributed by atoms with Gasteiger partial charge in [0.1, 0.15) is 5.60 Å². The first-order chi connectivity index (χ1) is 9.17. The van der Waals surface area contributed by atoms with Gasteiger partial charge in [-0.05, 0) is 20.8 Å². The van der Waals surface area contributed by atoms with Gasteiger partial charge in [0.15, 0.2) is 0 Å². The van der Waals surface area contributed by atoms with Crippen molar-refractivity contribution in [1.82, 2.24) is 10.2 Å². The second-order valence-electron chi connectivity index (χ2n) is 6.07. The number of likely N-dealkylation sites (tertiary alicyclic amines) is 1. The van der Waals surface area contributed by atoms with Gasteiger partial charge in [0.25, 0.3) is 0 Å². The average molecular weight is 282 g/mol. The van der Waals surface area contributed by atoms with Crippen LogP contribution in [0.15, 0.2) is 0 Å². The van der Waals surface area contributed by atoms with E-state index < -0.39 is 23.2 Å². The Balaban J connectivity index is 2.54. The van der Waals surface area contributed by atoms with Gasteiger partial charge in [0, 0.05) is 26.1 Å². The molecule has 0 aromatic carbocycles. The fraction of sp³-hybridized carbons (Fsp3) is 0.714. The Morgan fingerprint density at radius 1 is 1.45 bits per heavy atom. The lowest BCUT2D eigenvalue weighted by atomic mass is 9.86. The van der Waals surface area contributed by atoms with E-state index in [2.05, 4.69) is 11.2 Å². The maximum absolute atomic E-state index is 11.8. The van der Waals surface area contributed by atoms with E-state index in [4.69, 9.17) is 16.3 Å². The third kappa shape index (κ3) is 4.74. The van der Waals surface area contributed by atoms with Crippen molar-refractivity contribution in [2.24, 2.45) is 0 Å². The summed E-state index contributed by atoms with van der Waals surface area (Å²) in [5, 5.41) is 12.1. The van der Waals surface area contributed by atoms with E-state index >= 15 is 0 Å². The predicted molar refractivity (Wildman–Crippen MR) is 74.2 cm³/mol. The van der Waals surface area contributed by atoms with Crippen molar-refractivity contribution < 1.29 is 19.4 Å². The number of carbonyl (C=O) groups is 2. The molecule has 1 saturated heterocycles. The van der Waals surface area contributed by atoms with Gasteiger partial charge in [-0.3, -0.25) is 4.79 Å². The van der Waals surface area contributed by atoms with E-state index in [0.717, 1.165) is 0 Å². The summed E-state index contributed by atoms with van der Waals surface area (Å²) in [7, 11) is 0. The number of carbonyl (C=O) groups excluding carboxylic acids is 1. The summed E-state index contributed by atoms with van der Waals surface area (Å²) in [4.78, 5) is 24.3. The van der Waals surface area contributed by atoms with Gasteiger partial charge < -0.3 is 20.1 Å². The van der Waals surface area contributed by atoms with E-state index in [1.54, 1.807) is 20.8 Å². The van der Waals surface area contributed by atoms with Crippen LogP contribution in [-0.4, -0.2) is 52.8 Å². The minimum absolute atomic E-state index is 0.0448. The molecule has 0 radical (unpaired) electrons. The number of nitrogens with one attached hydrogen (secondary N) is 1. The summed E-state index contributed by atoms with van der Waals surface area (Å²) in [6.45, 7) is 6.55. The summed E-state index contributed by atoms with van der Waals surface area (Å²) in [6, 6.07) is 0. The zero-order valence-electron chi connectivity index (χ0n) is 12.2. The molecule has 0 saturated carbocycles. The monoisotopic (exact) mass is 282 g/mol. The minimum Gasteiger partial charge on any atom is -0.481 e. The number of carboxylic acids is 1. The molecule has 112 valence electrons. The van der Waals surface area contributed by atoms with E-state index in [-0.39, 0.29) is 6.42 Å². The van der Waals surface area contributed by atoms with Crippen molar-refractivity contribution in [1.29, 1.82) is 0 Å². The van der Waals surface area contributed by atoms with Crippen LogP contribution < -0.4 is 5.32 Å². The molecule has 0 spiro atoms. The summed E-state index contributed by atoms with van der Waals surface area (Å²) >= 11 is 0. The van der Waals surface area contributed by atoms with Gasteiger partial charge >= 0.3 is 12.1 Å². The molecule has 20 heavy (non-hydrogen) atoms. The third-order valence-corrected chi connectivity index (χ3v) is 2.90. The predicted octanol–water partition coefficient (Wildman–Crippen LogP) is 1.06. The van der Waals surface area contributed by atoms with Crippen molar-refractivity contribution >= 4 is 12.1 Å². The van der Waals surface area contributed by atoms with Gasteiger partial charge in [0.2, 0.25) is 0 Å². The maximum Gasteiger partial charge on any atom is 0.410 e. The molecule has 0 aromatic heterocycles. The van der Waals surface area contributed by atoms with Crippen molar-refractivity contribution in [3.05, 3.63) is 0 Å². The molecule has 6 heteroatoms. The fourth-order valence-corrected chi connectivity index (χ4v) is 2.12. The number of ether oxygens (including phenoxy) is 1. The lowest BCUT2D eigenvalue weighted by molar-refractivity contribution is -0.141. The normalized spacial score (nSPS) is 17.0. The van der Waals surface area contributed by atoms with Crippen LogP contribution in [0.2, 0.25) is 0 Å². The van der Waals surface area contributed by atoms with E-state index in [1.165, 1.54) is 4.90 Å². The number of nitrogens with zero attached hydrogens (tertiary/aromatic N) is 1. The van der Waals surface area contributed by atoms with Crippen LogP contribution in [0, 0.1) is 12.3 Å². The number of rotatable bonds is 5. The molecule has 0 bridgehead atoms. The third-order valence-electron chi connectivity index (χ3n) is 2.90. The topological polar surface area (TPSA) is 78.9 Å². The Kier molecular flexibility index (Phi) is 5.01. The van der Waals surface area contributed by atoms with Gasteiger partial charge in [-0.2, -0.15) is 0 Å². The maximum atomic E-state index is 11.8. The second kappa shape index (κ2) is 6.14. The van der Waals surface area contributed by atoms with Gasteiger partial charge in [0.05, 0.1) is 12.0 Å². The first-order valence-corrected chi connectivity index (χ1v) is 6.56. The zero-order chi connectivity index (χ0) is 15.4. The number of amides is 1. The molecule has 6 nitrogen and oxygen atoms in total. The fourth-order valence-electron chi connectivity index (χ4n) is 2.12. The van der Waals surface area contributed by atoms with E-state index in [0.29, 0.717) is 26.1 Å². The standard InChI is InChI=1S/C14H22N2O4/c1-5-6-7-15-14(8-11(17)18)9-16(10-14)12(19)20-13(2,3)4/h1,15H,6-10H2,2-4H3,(H,17,18). The van der Waals surface area contributed by atoms with Crippen LogP contribution >= 0.6 is 0 Å². The molecule has 2 N–H and O–H groups in total. The molecular formula is C14H22N2O4. The number of hydrogen-bond acceptors (Lipinski definition) is 4. The molecule has 0 aliphatic carbocycles. The van der Waals surface area contributed by atoms with Gasteiger partial charge in [-0.1, -0.05) is 0 Å². The van der Waals surface area contributed by atoms with Crippen LogP contribution in [0.1, 0.15) is 33.6 Å². The molecule has 1 heterocycles. The van der Waals surface area contributed by atoms with Crippen LogP contribution in [0.5, 0.6) is 0 Å². The number of carboxylic acid groups (broad SMARTS) is 1. The largest absolute Gasteiger partial charge is 0.481 e. The molecule has 0 aromatic rings. The molecule has 1 rings (SSSR count). The lowest BCUT2D eigenvalue weighted by Gasteiger charge is -2.49.